The van der Waals surface area contributed by atoms with Gasteiger partial charge in [-0.3, -0.25) is 0 Å². The van der Waals surface area contributed by atoms with Crippen LogP contribution in [-0.2, 0) is 9.53 Å². The van der Waals surface area contributed by atoms with Gasteiger partial charge in [-0.1, -0.05) is 45.7 Å². The van der Waals surface area contributed by atoms with E-state index in [9.17, 15) is 4.79 Å². The van der Waals surface area contributed by atoms with E-state index in [2.05, 4.69) is 21.2 Å². The Labute approximate surface area is 173 Å². The summed E-state index contributed by atoms with van der Waals surface area (Å²) >= 11 is 9.35. The molecular weight excluding hydrogens is 428 g/mol. The molecule has 27 heavy (non-hydrogen) atoms. The van der Waals surface area contributed by atoms with Gasteiger partial charge >= 0.3 is 0 Å². The van der Waals surface area contributed by atoms with Gasteiger partial charge in [-0.25, -0.2) is 0 Å². The third-order valence-corrected chi connectivity index (χ3v) is 5.39. The van der Waals surface area contributed by atoms with E-state index in [0.29, 0.717) is 23.6 Å². The summed E-state index contributed by atoms with van der Waals surface area (Å²) < 4.78 is 6.45. The number of nitrogens with one attached hydrogen (secondary N) is 2. The van der Waals surface area contributed by atoms with Crippen LogP contribution in [0.4, 0.5) is 5.69 Å². The van der Waals surface area contributed by atoms with Crippen LogP contribution in [0.15, 0.2) is 53.0 Å². The zero-order valence-corrected chi connectivity index (χ0v) is 17.8. The molecule has 0 spiro atoms. The Morgan fingerprint density at radius 2 is 1.96 bits per heavy atom. The van der Waals surface area contributed by atoms with E-state index in [4.69, 9.17) is 21.7 Å². The van der Waals surface area contributed by atoms with Crippen LogP contribution in [0.1, 0.15) is 24.3 Å². The van der Waals surface area contributed by atoms with Gasteiger partial charge in [0, 0.05) is 53.3 Å². The quantitative estimate of drug-likeness (QED) is 0.598. The predicted molar refractivity (Wildman–Crippen MR) is 115 cm³/mol. The summed E-state index contributed by atoms with van der Waals surface area (Å²) in [4.78, 5) is 11.3. The van der Waals surface area contributed by atoms with Crippen molar-refractivity contribution in [2.75, 3.05) is 19.5 Å². The van der Waals surface area contributed by atoms with E-state index in [1.165, 1.54) is 0 Å². The number of aldehydes is 1. The van der Waals surface area contributed by atoms with Crippen molar-refractivity contribution in [3.05, 3.63) is 63.6 Å². The first kappa shape index (κ1) is 21.6. The molecule has 1 fully saturated rings. The molecule has 4 nitrogen and oxygen atoms in total. The summed E-state index contributed by atoms with van der Waals surface area (Å²) in [5, 5.41) is 11.6. The summed E-state index contributed by atoms with van der Waals surface area (Å²) in [6, 6.07) is 15.6. The van der Waals surface area contributed by atoms with Gasteiger partial charge in [0.2, 0.25) is 0 Å². The molecule has 2 aromatic rings. The largest absolute Gasteiger partial charge is 0.388 e. The predicted octanol–water partition coefficient (Wildman–Crippen LogP) is 5.56. The second-order valence-corrected chi connectivity index (χ2v) is 7.77. The fourth-order valence-corrected chi connectivity index (χ4v) is 3.87. The van der Waals surface area contributed by atoms with E-state index in [1.54, 1.807) is 7.11 Å². The fourth-order valence-electron chi connectivity index (χ4n) is 3.27. The number of anilines is 1. The Morgan fingerprint density at radius 3 is 2.52 bits per heavy atom. The van der Waals surface area contributed by atoms with E-state index in [0.717, 1.165) is 22.0 Å². The van der Waals surface area contributed by atoms with Gasteiger partial charge in [0.1, 0.15) is 6.29 Å². The summed E-state index contributed by atoms with van der Waals surface area (Å²) in [6.45, 7) is 0. The second kappa shape index (κ2) is 10.6. The maximum Gasteiger partial charge on any atom is 0.126 e. The molecule has 1 aliphatic rings. The third-order valence-electron chi connectivity index (χ3n) is 4.66. The SMILES string of the molecule is CNc1cccc(Br)c1.CO[C@H]1CC(=N)C[C@@H](c2cccc(Cl)c2)C1C=O. The van der Waals surface area contributed by atoms with Crippen molar-refractivity contribution in [2.45, 2.75) is 24.9 Å². The molecule has 0 aromatic heterocycles. The van der Waals surface area contributed by atoms with Crippen molar-refractivity contribution in [1.29, 1.82) is 5.41 Å². The van der Waals surface area contributed by atoms with Crippen LogP contribution in [0, 0.1) is 11.3 Å². The lowest BCUT2D eigenvalue weighted by atomic mass is 9.73. The Kier molecular flexibility index (Phi) is 8.48. The number of ether oxygens (including phenoxy) is 1. The minimum absolute atomic E-state index is 0.00704. The molecule has 6 heteroatoms. The first-order valence-electron chi connectivity index (χ1n) is 8.71. The van der Waals surface area contributed by atoms with Crippen molar-refractivity contribution in [3.63, 3.8) is 0 Å². The van der Waals surface area contributed by atoms with Crippen molar-refractivity contribution < 1.29 is 9.53 Å². The summed E-state index contributed by atoms with van der Waals surface area (Å²) in [6.07, 6.45) is 1.89. The molecule has 1 unspecified atom stereocenters. The zero-order valence-electron chi connectivity index (χ0n) is 15.4. The highest BCUT2D eigenvalue weighted by molar-refractivity contribution is 9.10. The van der Waals surface area contributed by atoms with Crippen LogP contribution in [0.2, 0.25) is 5.02 Å². The lowest BCUT2D eigenvalue weighted by Gasteiger charge is -2.34. The molecule has 0 radical (unpaired) electrons. The maximum atomic E-state index is 11.3. The van der Waals surface area contributed by atoms with Crippen LogP contribution < -0.4 is 5.32 Å². The first-order valence-corrected chi connectivity index (χ1v) is 9.88. The van der Waals surface area contributed by atoms with Gasteiger partial charge in [0.15, 0.2) is 0 Å². The minimum Gasteiger partial charge on any atom is -0.388 e. The van der Waals surface area contributed by atoms with Crippen molar-refractivity contribution in [2.24, 2.45) is 5.92 Å². The smallest absolute Gasteiger partial charge is 0.126 e. The van der Waals surface area contributed by atoms with Gasteiger partial charge in [-0.15, -0.1) is 0 Å². The number of hydrogen-bond acceptors (Lipinski definition) is 4. The molecule has 2 aromatic carbocycles. The molecule has 3 rings (SSSR count). The third kappa shape index (κ3) is 6.16. The number of benzene rings is 2. The molecule has 0 amide bonds. The van der Waals surface area contributed by atoms with Crippen LogP contribution in [-0.4, -0.2) is 32.3 Å². The monoisotopic (exact) mass is 450 g/mol. The lowest BCUT2D eigenvalue weighted by Crippen LogP contribution is -2.37. The molecule has 144 valence electrons. The summed E-state index contributed by atoms with van der Waals surface area (Å²) in [5.41, 5.74) is 2.76. The average Bonchev–Trinajstić information content (AvgIpc) is 2.67. The Hall–Kier alpha value is -1.69. The van der Waals surface area contributed by atoms with Gasteiger partial charge in [-0.2, -0.15) is 0 Å². The van der Waals surface area contributed by atoms with Crippen molar-refractivity contribution in [3.8, 4) is 0 Å². The Bertz CT molecular complexity index is 784. The van der Waals surface area contributed by atoms with E-state index >= 15 is 0 Å². The number of hydrogen-bond donors (Lipinski definition) is 2. The van der Waals surface area contributed by atoms with Gasteiger partial charge in [-0.05, 0) is 42.3 Å². The van der Waals surface area contributed by atoms with Crippen LogP contribution in [0.5, 0.6) is 0 Å². The summed E-state index contributed by atoms with van der Waals surface area (Å²) in [7, 11) is 3.50. The first-order chi connectivity index (χ1) is 13.0. The van der Waals surface area contributed by atoms with Crippen LogP contribution in [0.25, 0.3) is 0 Å². The molecule has 0 saturated heterocycles. The van der Waals surface area contributed by atoms with E-state index in [-0.39, 0.29) is 17.9 Å². The number of carbonyl (C=O) groups excluding carboxylic acids is 1. The molecule has 3 atom stereocenters. The topological polar surface area (TPSA) is 62.2 Å². The van der Waals surface area contributed by atoms with Gasteiger partial charge in [0.05, 0.1) is 6.10 Å². The molecule has 1 aliphatic carbocycles. The Balaban J connectivity index is 0.000000244. The molecule has 1 saturated carbocycles. The fraction of sp³-hybridized carbons (Fsp3) is 0.333. The highest BCUT2D eigenvalue weighted by Gasteiger charge is 2.36. The highest BCUT2D eigenvalue weighted by Crippen LogP contribution is 2.37. The Morgan fingerprint density at radius 1 is 1.22 bits per heavy atom. The van der Waals surface area contributed by atoms with Crippen molar-refractivity contribution >= 4 is 45.2 Å². The second-order valence-electron chi connectivity index (χ2n) is 6.42. The standard InChI is InChI=1S/C14H16ClNO2.C7H8BrN/c1-18-14-7-11(16)6-12(13(14)8-17)9-3-2-4-10(15)5-9;1-9-7-4-2-3-6(8)5-7/h2-5,8,12-14,16H,6-7H2,1H3;2-5,9H,1H3/t12-,13?,14-;/m0./s1. The maximum absolute atomic E-state index is 11.3. The molecule has 0 aliphatic heterocycles. The lowest BCUT2D eigenvalue weighted by molar-refractivity contribution is -0.116. The number of rotatable bonds is 4. The number of halogens is 2. The minimum atomic E-state index is -0.206. The number of carbonyl (C=O) groups is 1. The van der Waals surface area contributed by atoms with E-state index in [1.807, 2.05) is 55.6 Å². The van der Waals surface area contributed by atoms with Crippen LogP contribution in [0.3, 0.4) is 0 Å². The van der Waals surface area contributed by atoms with E-state index < -0.39 is 0 Å². The molecular formula is C21H24BrClN2O2. The normalized spacial score (nSPS) is 21.8. The summed E-state index contributed by atoms with van der Waals surface area (Å²) in [5.74, 6) is -0.213. The highest BCUT2D eigenvalue weighted by atomic mass is 79.9. The molecule has 0 bridgehead atoms. The zero-order chi connectivity index (χ0) is 19.8. The van der Waals surface area contributed by atoms with Gasteiger partial charge < -0.3 is 20.3 Å². The number of methoxy groups -OCH3 is 1. The van der Waals surface area contributed by atoms with Gasteiger partial charge in [0.25, 0.3) is 0 Å². The van der Waals surface area contributed by atoms with Crippen molar-refractivity contribution in [1.82, 2.24) is 0 Å². The van der Waals surface area contributed by atoms with Crippen LogP contribution >= 0.6 is 27.5 Å². The molecule has 2 N–H and O–H groups in total. The molecule has 0 heterocycles. The average molecular weight is 452 g/mol.